The molecule has 0 aromatic carbocycles. The molecule has 0 fully saturated rings. The van der Waals surface area contributed by atoms with E-state index in [-0.39, 0.29) is 0 Å². The standard InChI is InChI=1S/C5HClF3NO/c6-4-3(11)2(1-10-4)5(7,8)9/h4H. The van der Waals surface area contributed by atoms with E-state index >= 15 is 0 Å². The fraction of sp³-hybridized carbons (Fsp3) is 0.400. The molecule has 1 heterocycles. The Morgan fingerprint density at radius 2 is 2.09 bits per heavy atom. The van der Waals surface area contributed by atoms with E-state index in [0.29, 0.717) is 0 Å². The summed E-state index contributed by atoms with van der Waals surface area (Å²) in [5.41, 5.74) is -2.86. The van der Waals surface area contributed by atoms with Crippen molar-refractivity contribution in [2.45, 2.75) is 11.7 Å². The Balaban J connectivity index is 2.85. The maximum absolute atomic E-state index is 11.7. The van der Waals surface area contributed by atoms with E-state index in [1.165, 1.54) is 6.20 Å². The summed E-state index contributed by atoms with van der Waals surface area (Å²) >= 11 is 5.06. The number of carbonyl (C=O) groups excluding carboxylic acids is 1. The lowest BCUT2D eigenvalue weighted by Crippen LogP contribution is -2.22. The van der Waals surface area contributed by atoms with Gasteiger partial charge in [0.05, 0.1) is 0 Å². The lowest BCUT2D eigenvalue weighted by atomic mass is 10.2. The summed E-state index contributed by atoms with van der Waals surface area (Å²) < 4.78 is 35.2. The summed E-state index contributed by atoms with van der Waals surface area (Å²) in [6.07, 6.45) is -3.16. The quantitative estimate of drug-likeness (QED) is 0.407. The van der Waals surface area contributed by atoms with E-state index in [4.69, 9.17) is 11.6 Å². The lowest BCUT2D eigenvalue weighted by Gasteiger charge is -2.03. The van der Waals surface area contributed by atoms with Crippen LogP contribution in [0.5, 0.6) is 0 Å². The first kappa shape index (κ1) is 8.39. The number of Topliss-reactive ketones (excluding diaryl/α,β-unsaturated/α-hetero) is 1. The summed E-state index contributed by atoms with van der Waals surface area (Å²) in [6.45, 7) is 0. The van der Waals surface area contributed by atoms with Crippen molar-refractivity contribution in [3.05, 3.63) is 11.8 Å². The minimum absolute atomic E-state index is 1.24. The molecule has 0 N–H and O–H groups in total. The van der Waals surface area contributed by atoms with Gasteiger partial charge in [0, 0.05) is 0 Å². The molecule has 2 radical (unpaired) electrons. The topological polar surface area (TPSA) is 31.2 Å². The normalized spacial score (nSPS) is 24.9. The number of rotatable bonds is 0. The van der Waals surface area contributed by atoms with Crippen molar-refractivity contribution in [2.24, 2.45) is 0 Å². The summed E-state index contributed by atoms with van der Waals surface area (Å²) in [5, 5.41) is 2.97. The highest BCUT2D eigenvalue weighted by atomic mass is 35.5. The van der Waals surface area contributed by atoms with Gasteiger partial charge in [0.15, 0.2) is 5.50 Å². The molecule has 1 rings (SSSR count). The SMILES string of the molecule is O=C1C(C(F)(F)F)=[C][N]C1Cl. The third kappa shape index (κ3) is 1.48. The monoisotopic (exact) mass is 183 g/mol. The Bertz CT molecular complexity index is 222. The molecule has 0 amide bonds. The Labute approximate surface area is 65.0 Å². The zero-order chi connectivity index (χ0) is 8.65. The van der Waals surface area contributed by atoms with Gasteiger partial charge in [0.25, 0.3) is 0 Å². The Morgan fingerprint density at radius 1 is 1.55 bits per heavy atom. The van der Waals surface area contributed by atoms with Crippen molar-refractivity contribution in [3.63, 3.8) is 0 Å². The minimum atomic E-state index is -4.69. The summed E-state index contributed by atoms with van der Waals surface area (Å²) in [6, 6.07) is 0. The molecule has 0 spiro atoms. The van der Waals surface area contributed by atoms with Gasteiger partial charge in [-0.3, -0.25) is 10.1 Å². The molecule has 0 aromatic rings. The van der Waals surface area contributed by atoms with Gasteiger partial charge in [0.1, 0.15) is 11.8 Å². The Kier molecular flexibility index (Phi) is 1.83. The van der Waals surface area contributed by atoms with Crippen LogP contribution in [0.3, 0.4) is 0 Å². The molecule has 60 valence electrons. The van der Waals surface area contributed by atoms with Gasteiger partial charge < -0.3 is 0 Å². The van der Waals surface area contributed by atoms with E-state index in [0.717, 1.165) is 0 Å². The number of hydrogen-bond acceptors (Lipinski definition) is 1. The molecule has 0 aliphatic carbocycles. The van der Waals surface area contributed by atoms with Gasteiger partial charge in [-0.2, -0.15) is 13.2 Å². The molecular formula is C5HClF3NO. The van der Waals surface area contributed by atoms with Gasteiger partial charge in [0.2, 0.25) is 5.78 Å². The highest BCUT2D eigenvalue weighted by Gasteiger charge is 2.45. The molecule has 0 bridgehead atoms. The van der Waals surface area contributed by atoms with Gasteiger partial charge in [-0.25, -0.2) is 0 Å². The second kappa shape index (κ2) is 2.41. The first-order valence-electron chi connectivity index (χ1n) is 2.51. The first-order valence-corrected chi connectivity index (χ1v) is 2.95. The lowest BCUT2D eigenvalue weighted by molar-refractivity contribution is -0.127. The van der Waals surface area contributed by atoms with Crippen LogP contribution < -0.4 is 5.32 Å². The van der Waals surface area contributed by atoms with Crippen molar-refractivity contribution in [1.29, 1.82) is 0 Å². The molecule has 6 heteroatoms. The molecular weight excluding hydrogens is 183 g/mol. The van der Waals surface area contributed by atoms with E-state index in [1.54, 1.807) is 0 Å². The highest BCUT2D eigenvalue weighted by molar-refractivity contribution is 6.34. The van der Waals surface area contributed by atoms with Crippen LogP contribution in [0.15, 0.2) is 5.57 Å². The number of carbonyl (C=O) groups is 1. The molecule has 0 aromatic heterocycles. The average molecular weight is 184 g/mol. The first-order chi connectivity index (χ1) is 4.93. The van der Waals surface area contributed by atoms with E-state index in [2.05, 4.69) is 5.32 Å². The maximum Gasteiger partial charge on any atom is 0.422 e. The second-order valence-electron chi connectivity index (χ2n) is 1.81. The molecule has 0 saturated heterocycles. The van der Waals surface area contributed by atoms with Crippen LogP contribution in [-0.4, -0.2) is 17.5 Å². The molecule has 0 saturated carbocycles. The summed E-state index contributed by atoms with van der Waals surface area (Å²) in [5.74, 6) is -1.24. The smallest absolute Gasteiger partial charge is 0.290 e. The van der Waals surface area contributed by atoms with Crippen molar-refractivity contribution in [3.8, 4) is 0 Å². The predicted octanol–water partition coefficient (Wildman–Crippen LogP) is 0.988. The van der Waals surface area contributed by atoms with Crippen molar-refractivity contribution >= 4 is 17.4 Å². The van der Waals surface area contributed by atoms with Crippen LogP contribution in [0.1, 0.15) is 0 Å². The number of nitrogens with zero attached hydrogens (tertiary/aromatic N) is 1. The predicted molar refractivity (Wildman–Crippen MR) is 29.6 cm³/mol. The number of ketones is 1. The molecule has 1 aliphatic heterocycles. The molecule has 1 atom stereocenters. The molecule has 2 nitrogen and oxygen atoms in total. The van der Waals surface area contributed by atoms with E-state index < -0.39 is 23.0 Å². The zero-order valence-corrected chi connectivity index (χ0v) is 5.70. The number of halogens is 4. The van der Waals surface area contributed by atoms with Crippen LogP contribution in [-0.2, 0) is 4.79 Å². The van der Waals surface area contributed by atoms with Crippen molar-refractivity contribution < 1.29 is 18.0 Å². The van der Waals surface area contributed by atoms with Gasteiger partial charge in [-0.05, 0) is 0 Å². The maximum atomic E-state index is 11.7. The summed E-state index contributed by atoms with van der Waals surface area (Å²) in [7, 11) is 0. The van der Waals surface area contributed by atoms with Crippen LogP contribution in [0.2, 0.25) is 0 Å². The van der Waals surface area contributed by atoms with Crippen LogP contribution in [0.25, 0.3) is 0 Å². The zero-order valence-electron chi connectivity index (χ0n) is 4.94. The number of hydrogen-bond donors (Lipinski definition) is 0. The highest BCUT2D eigenvalue weighted by Crippen LogP contribution is 2.29. The van der Waals surface area contributed by atoms with Gasteiger partial charge in [-0.15, -0.1) is 0 Å². The van der Waals surface area contributed by atoms with Crippen molar-refractivity contribution in [1.82, 2.24) is 5.32 Å². The van der Waals surface area contributed by atoms with Crippen LogP contribution in [0.4, 0.5) is 13.2 Å². The Morgan fingerprint density at radius 3 is 2.27 bits per heavy atom. The fourth-order valence-electron chi connectivity index (χ4n) is 0.557. The van der Waals surface area contributed by atoms with E-state index in [1.807, 2.05) is 0 Å². The van der Waals surface area contributed by atoms with Crippen LogP contribution >= 0.6 is 11.6 Å². The third-order valence-corrected chi connectivity index (χ3v) is 1.33. The van der Waals surface area contributed by atoms with E-state index in [9.17, 15) is 18.0 Å². The van der Waals surface area contributed by atoms with Crippen molar-refractivity contribution in [2.75, 3.05) is 0 Å². The summed E-state index contributed by atoms with van der Waals surface area (Å²) in [4.78, 5) is 10.5. The van der Waals surface area contributed by atoms with Gasteiger partial charge in [-0.1, -0.05) is 11.6 Å². The molecule has 1 unspecified atom stereocenters. The fourth-order valence-corrected chi connectivity index (χ4v) is 0.715. The minimum Gasteiger partial charge on any atom is -0.290 e. The number of alkyl halides is 4. The molecule has 11 heavy (non-hydrogen) atoms. The van der Waals surface area contributed by atoms with Gasteiger partial charge >= 0.3 is 6.18 Å². The second-order valence-corrected chi connectivity index (χ2v) is 2.23. The Hall–Kier alpha value is -0.710. The van der Waals surface area contributed by atoms with Crippen LogP contribution in [0, 0.1) is 6.20 Å². The average Bonchev–Trinajstić information content (AvgIpc) is 2.11. The molecule has 1 aliphatic rings. The third-order valence-electron chi connectivity index (χ3n) is 1.04. The largest absolute Gasteiger partial charge is 0.422 e.